The third-order valence-corrected chi connectivity index (χ3v) is 4.39. The summed E-state index contributed by atoms with van der Waals surface area (Å²) in [5, 5.41) is 3.20. The molecule has 0 aliphatic rings. The van der Waals surface area contributed by atoms with E-state index in [4.69, 9.17) is 0 Å². The minimum absolute atomic E-state index is 0.0278. The molecule has 0 bridgehead atoms. The van der Waals surface area contributed by atoms with E-state index in [1.165, 1.54) is 17.8 Å². The maximum atomic E-state index is 13.3. The van der Waals surface area contributed by atoms with Crippen LogP contribution in [-0.4, -0.2) is 26.6 Å². The van der Waals surface area contributed by atoms with Crippen LogP contribution in [0.25, 0.3) is 22.0 Å². The second-order valence-corrected chi connectivity index (χ2v) is 6.80. The normalized spacial score (nSPS) is 12.1. The monoisotopic (exact) mass is 382 g/mol. The second-order valence-electron chi connectivity index (χ2n) is 6.80. The van der Waals surface area contributed by atoms with Gasteiger partial charge in [0.2, 0.25) is 5.91 Å². The molecule has 0 saturated heterocycles. The van der Waals surface area contributed by atoms with Crippen LogP contribution in [-0.2, 0) is 11.3 Å². The lowest BCUT2D eigenvalue weighted by Gasteiger charge is -2.09. The van der Waals surface area contributed by atoms with Crippen molar-refractivity contribution in [2.24, 2.45) is 0 Å². The van der Waals surface area contributed by atoms with E-state index in [0.717, 1.165) is 24.0 Å². The molecule has 0 spiro atoms. The van der Waals surface area contributed by atoms with Gasteiger partial charge in [-0.1, -0.05) is 19.4 Å². The maximum absolute atomic E-state index is 13.3. The number of unbranched alkanes of at least 4 members (excludes halogenated alkanes) is 1. The SMILES string of the molecule is CCCCC(=O)Nc1ccc(-c2ccc3ncn(CC(C)F)c(=O)c3c2)cn1. The zero-order valence-corrected chi connectivity index (χ0v) is 16.0. The van der Waals surface area contributed by atoms with Gasteiger partial charge in [-0.05, 0) is 43.2 Å². The first-order valence-electron chi connectivity index (χ1n) is 9.37. The number of carbonyl (C=O) groups excluding carboxylic acids is 1. The van der Waals surface area contributed by atoms with Gasteiger partial charge in [0.15, 0.2) is 0 Å². The summed E-state index contributed by atoms with van der Waals surface area (Å²) < 4.78 is 14.6. The number of amides is 1. The highest BCUT2D eigenvalue weighted by Gasteiger charge is 2.09. The molecular formula is C21H23FN4O2. The summed E-state index contributed by atoms with van der Waals surface area (Å²) in [5.41, 5.74) is 1.89. The molecule has 2 aromatic heterocycles. The number of nitrogens with one attached hydrogen (secondary N) is 1. The zero-order chi connectivity index (χ0) is 20.1. The van der Waals surface area contributed by atoms with Gasteiger partial charge in [0, 0.05) is 18.2 Å². The molecule has 0 saturated carbocycles. The largest absolute Gasteiger partial charge is 0.311 e. The van der Waals surface area contributed by atoms with E-state index < -0.39 is 6.17 Å². The number of aromatic nitrogens is 3. The van der Waals surface area contributed by atoms with Crippen molar-refractivity contribution in [3.63, 3.8) is 0 Å². The van der Waals surface area contributed by atoms with Gasteiger partial charge < -0.3 is 5.32 Å². The molecule has 1 N–H and O–H groups in total. The standard InChI is InChI=1S/C21H23FN4O2/c1-3-4-5-20(27)25-19-9-7-16(11-23-19)15-6-8-18-17(10-15)21(28)26(13-24-18)12-14(2)22/h6-11,13-14H,3-5,12H2,1-2H3,(H,23,25,27). The molecule has 0 radical (unpaired) electrons. The van der Waals surface area contributed by atoms with Crippen LogP contribution in [0.1, 0.15) is 33.1 Å². The van der Waals surface area contributed by atoms with E-state index in [1.54, 1.807) is 24.4 Å². The molecule has 7 heteroatoms. The quantitative estimate of drug-likeness (QED) is 0.671. The lowest BCUT2D eigenvalue weighted by Crippen LogP contribution is -2.24. The number of rotatable bonds is 7. The number of fused-ring (bicyclic) bond motifs is 1. The summed E-state index contributed by atoms with van der Waals surface area (Å²) in [5.74, 6) is 0.438. The molecular weight excluding hydrogens is 359 g/mol. The summed E-state index contributed by atoms with van der Waals surface area (Å²) >= 11 is 0. The second kappa shape index (κ2) is 8.73. The van der Waals surface area contributed by atoms with Crippen molar-refractivity contribution < 1.29 is 9.18 Å². The Hall–Kier alpha value is -3.09. The number of anilines is 1. The summed E-state index contributed by atoms with van der Waals surface area (Å²) in [6.45, 7) is 3.41. The minimum Gasteiger partial charge on any atom is -0.311 e. The topological polar surface area (TPSA) is 76.9 Å². The van der Waals surface area contributed by atoms with Gasteiger partial charge in [0.25, 0.3) is 5.56 Å². The van der Waals surface area contributed by atoms with Gasteiger partial charge in [0.1, 0.15) is 12.0 Å². The van der Waals surface area contributed by atoms with Gasteiger partial charge in [-0.25, -0.2) is 14.4 Å². The Bertz CT molecular complexity index is 1030. The van der Waals surface area contributed by atoms with Crippen molar-refractivity contribution >= 4 is 22.6 Å². The average molecular weight is 382 g/mol. The van der Waals surface area contributed by atoms with Crippen LogP contribution < -0.4 is 10.9 Å². The Balaban J connectivity index is 1.86. The predicted molar refractivity (Wildman–Crippen MR) is 108 cm³/mol. The Labute approximate surface area is 162 Å². The summed E-state index contributed by atoms with van der Waals surface area (Å²) in [7, 11) is 0. The highest BCUT2D eigenvalue weighted by Crippen LogP contribution is 2.22. The van der Waals surface area contributed by atoms with Crippen molar-refractivity contribution in [1.82, 2.24) is 14.5 Å². The molecule has 1 atom stereocenters. The van der Waals surface area contributed by atoms with Crippen LogP contribution in [0.4, 0.5) is 10.2 Å². The minimum atomic E-state index is -1.13. The first-order chi connectivity index (χ1) is 13.5. The smallest absolute Gasteiger partial charge is 0.261 e. The molecule has 28 heavy (non-hydrogen) atoms. The lowest BCUT2D eigenvalue weighted by atomic mass is 10.1. The Morgan fingerprint density at radius 3 is 2.68 bits per heavy atom. The highest BCUT2D eigenvalue weighted by molar-refractivity contribution is 5.90. The van der Waals surface area contributed by atoms with Crippen molar-refractivity contribution in [2.75, 3.05) is 5.32 Å². The number of hydrogen-bond acceptors (Lipinski definition) is 4. The van der Waals surface area contributed by atoms with E-state index in [2.05, 4.69) is 15.3 Å². The number of carbonyl (C=O) groups is 1. The molecule has 146 valence electrons. The third kappa shape index (κ3) is 4.60. The number of nitrogens with zero attached hydrogens (tertiary/aromatic N) is 3. The molecule has 3 aromatic rings. The van der Waals surface area contributed by atoms with Crippen LogP contribution >= 0.6 is 0 Å². The first kappa shape index (κ1) is 19.7. The number of benzene rings is 1. The summed E-state index contributed by atoms with van der Waals surface area (Å²) in [6, 6.07) is 8.92. The van der Waals surface area contributed by atoms with Crippen molar-refractivity contribution in [1.29, 1.82) is 0 Å². The van der Waals surface area contributed by atoms with Crippen LogP contribution in [0.3, 0.4) is 0 Å². The summed E-state index contributed by atoms with van der Waals surface area (Å²) in [4.78, 5) is 32.9. The molecule has 0 fully saturated rings. The van der Waals surface area contributed by atoms with E-state index in [1.807, 2.05) is 19.1 Å². The Kier molecular flexibility index (Phi) is 6.13. The van der Waals surface area contributed by atoms with Gasteiger partial charge >= 0.3 is 0 Å². The van der Waals surface area contributed by atoms with Gasteiger partial charge in [-0.15, -0.1) is 0 Å². The van der Waals surface area contributed by atoms with Crippen LogP contribution in [0, 0.1) is 0 Å². The van der Waals surface area contributed by atoms with Crippen LogP contribution in [0.2, 0.25) is 0 Å². The van der Waals surface area contributed by atoms with Gasteiger partial charge in [0.05, 0.1) is 23.8 Å². The molecule has 1 aromatic carbocycles. The number of alkyl halides is 1. The van der Waals surface area contributed by atoms with E-state index in [0.29, 0.717) is 23.1 Å². The number of halogens is 1. The van der Waals surface area contributed by atoms with Crippen molar-refractivity contribution in [3.8, 4) is 11.1 Å². The molecule has 1 amide bonds. The zero-order valence-electron chi connectivity index (χ0n) is 16.0. The van der Waals surface area contributed by atoms with E-state index in [9.17, 15) is 14.0 Å². The first-order valence-corrected chi connectivity index (χ1v) is 9.37. The van der Waals surface area contributed by atoms with E-state index in [-0.39, 0.29) is 18.0 Å². The van der Waals surface area contributed by atoms with Gasteiger partial charge in [-0.3, -0.25) is 14.2 Å². The van der Waals surface area contributed by atoms with Crippen molar-refractivity contribution in [2.45, 2.75) is 45.8 Å². The molecule has 1 unspecified atom stereocenters. The fourth-order valence-electron chi connectivity index (χ4n) is 2.92. The Morgan fingerprint density at radius 2 is 2.00 bits per heavy atom. The predicted octanol–water partition coefficient (Wildman–Crippen LogP) is 3.95. The number of hydrogen-bond donors (Lipinski definition) is 1. The molecule has 3 rings (SSSR count). The molecule has 0 aliphatic carbocycles. The lowest BCUT2D eigenvalue weighted by molar-refractivity contribution is -0.116. The summed E-state index contributed by atoms with van der Waals surface area (Å²) in [6.07, 6.45) is 4.16. The van der Waals surface area contributed by atoms with Crippen molar-refractivity contribution in [3.05, 3.63) is 53.2 Å². The third-order valence-electron chi connectivity index (χ3n) is 4.39. The maximum Gasteiger partial charge on any atom is 0.261 e. The van der Waals surface area contributed by atoms with E-state index >= 15 is 0 Å². The highest BCUT2D eigenvalue weighted by atomic mass is 19.1. The number of pyridine rings is 1. The molecule has 0 aliphatic heterocycles. The Morgan fingerprint density at radius 1 is 1.21 bits per heavy atom. The average Bonchev–Trinajstić information content (AvgIpc) is 2.69. The van der Waals surface area contributed by atoms with Crippen LogP contribution in [0.5, 0.6) is 0 Å². The molecule has 2 heterocycles. The van der Waals surface area contributed by atoms with Gasteiger partial charge in [-0.2, -0.15) is 0 Å². The fraction of sp³-hybridized carbons (Fsp3) is 0.333. The fourth-order valence-corrected chi connectivity index (χ4v) is 2.92. The van der Waals surface area contributed by atoms with Crippen LogP contribution in [0.15, 0.2) is 47.7 Å². The molecule has 6 nitrogen and oxygen atoms in total.